The van der Waals surface area contributed by atoms with Crippen molar-refractivity contribution in [2.75, 3.05) is 18.6 Å². The summed E-state index contributed by atoms with van der Waals surface area (Å²) in [6.45, 7) is -0.532. The summed E-state index contributed by atoms with van der Waals surface area (Å²) in [6.07, 6.45) is 0.906. The second kappa shape index (κ2) is 5.91. The van der Waals surface area contributed by atoms with E-state index in [1.165, 1.54) is 0 Å². The van der Waals surface area contributed by atoms with Gasteiger partial charge < -0.3 is 4.74 Å². The average Bonchev–Trinajstić information content (AvgIpc) is 2.27. The van der Waals surface area contributed by atoms with Crippen molar-refractivity contribution in [3.05, 3.63) is 28.1 Å². The molecule has 0 amide bonds. The van der Waals surface area contributed by atoms with Crippen LogP contribution in [0.4, 0.5) is 10.1 Å². The molecule has 2 N–H and O–H groups in total. The van der Waals surface area contributed by atoms with Crippen LogP contribution in [-0.4, -0.2) is 40.4 Å². The third-order valence-electron chi connectivity index (χ3n) is 2.21. The lowest BCUT2D eigenvalue weighted by atomic mass is 10.3. The maximum Gasteiger partial charge on any atom is 0.274 e. The minimum absolute atomic E-state index is 0.449. The van der Waals surface area contributed by atoms with E-state index in [9.17, 15) is 31.3 Å². The van der Waals surface area contributed by atoms with Crippen LogP contribution >= 0.6 is 0 Å². The van der Waals surface area contributed by atoms with Crippen molar-refractivity contribution in [1.82, 2.24) is 0 Å². The second-order valence-electron chi connectivity index (χ2n) is 4.04. The van der Waals surface area contributed by atoms with E-state index in [1.807, 2.05) is 0 Å². The molecule has 0 saturated heterocycles. The van der Waals surface area contributed by atoms with E-state index >= 15 is 0 Å². The molecule has 0 unspecified atom stereocenters. The van der Waals surface area contributed by atoms with Crippen LogP contribution in [0, 0.1) is 15.9 Å². The number of ether oxygens (including phenoxy) is 1. The molecular formula is C9H11FN2O7S2. The molecule has 0 aliphatic rings. The summed E-state index contributed by atoms with van der Waals surface area (Å²) in [4.78, 5) is 8.64. The van der Waals surface area contributed by atoms with Crippen molar-refractivity contribution in [3.63, 3.8) is 0 Å². The van der Waals surface area contributed by atoms with E-state index in [-0.39, 0.29) is 0 Å². The molecule has 118 valence electrons. The van der Waals surface area contributed by atoms with Crippen molar-refractivity contribution >= 4 is 25.5 Å². The van der Waals surface area contributed by atoms with Gasteiger partial charge in [-0.3, -0.25) is 10.1 Å². The number of primary sulfonamides is 1. The lowest BCUT2D eigenvalue weighted by Gasteiger charge is -2.10. The van der Waals surface area contributed by atoms with Crippen LogP contribution in [0.1, 0.15) is 0 Å². The molecule has 0 aliphatic carbocycles. The van der Waals surface area contributed by atoms with Crippen LogP contribution < -0.4 is 9.88 Å². The lowest BCUT2D eigenvalue weighted by Crippen LogP contribution is -2.18. The fourth-order valence-corrected chi connectivity index (χ4v) is 2.39. The number of rotatable bonds is 6. The van der Waals surface area contributed by atoms with Gasteiger partial charge in [0.05, 0.1) is 16.7 Å². The monoisotopic (exact) mass is 342 g/mol. The number of nitrogens with zero attached hydrogens (tertiary/aromatic N) is 1. The number of halogens is 1. The Bertz CT molecular complexity index is 774. The molecule has 1 aromatic rings. The molecule has 21 heavy (non-hydrogen) atoms. The van der Waals surface area contributed by atoms with E-state index in [4.69, 9.17) is 9.88 Å². The summed E-state index contributed by atoms with van der Waals surface area (Å²) in [5.74, 6) is -2.68. The van der Waals surface area contributed by atoms with Gasteiger partial charge in [-0.25, -0.2) is 26.4 Å². The number of nitrogens with two attached hydrogens (primary N) is 1. The molecule has 1 rings (SSSR count). The standard InChI is InChI=1S/C9H11FN2O7S2/c1-20(15,16)3-2-19-9-7(10)4-6(12(13)14)5-8(9)21(11,17)18/h4-5H,2-3H2,1H3,(H2,11,17,18). The normalized spacial score (nSPS) is 12.1. The summed E-state index contributed by atoms with van der Waals surface area (Å²) < 4.78 is 63.0. The molecule has 0 saturated carbocycles. The summed E-state index contributed by atoms with van der Waals surface area (Å²) in [5, 5.41) is 15.4. The van der Waals surface area contributed by atoms with Gasteiger partial charge in [0, 0.05) is 12.3 Å². The topological polar surface area (TPSA) is 147 Å². The fourth-order valence-electron chi connectivity index (χ4n) is 1.31. The Balaban J connectivity index is 3.27. The van der Waals surface area contributed by atoms with Gasteiger partial charge >= 0.3 is 0 Å². The maximum atomic E-state index is 13.7. The number of non-ortho nitro benzene ring substituents is 1. The lowest BCUT2D eigenvalue weighted by molar-refractivity contribution is -0.385. The number of sulfone groups is 1. The van der Waals surface area contributed by atoms with Gasteiger partial charge in [0.15, 0.2) is 21.4 Å². The molecule has 1 aromatic carbocycles. The zero-order valence-corrected chi connectivity index (χ0v) is 12.3. The van der Waals surface area contributed by atoms with Crippen molar-refractivity contribution in [2.45, 2.75) is 4.90 Å². The number of benzene rings is 1. The number of nitro groups is 1. The number of nitro benzene ring substituents is 1. The van der Waals surface area contributed by atoms with Gasteiger partial charge in [-0.05, 0) is 0 Å². The number of hydrogen-bond acceptors (Lipinski definition) is 7. The Morgan fingerprint density at radius 2 is 1.90 bits per heavy atom. The highest BCUT2D eigenvalue weighted by molar-refractivity contribution is 7.90. The predicted octanol–water partition coefficient (Wildman–Crippen LogP) is -0.195. The summed E-state index contributed by atoms with van der Waals surface area (Å²) in [7, 11) is -7.91. The Kier molecular flexibility index (Phi) is 4.86. The minimum atomic E-state index is -4.50. The molecular weight excluding hydrogens is 331 g/mol. The molecule has 0 heterocycles. The Labute approximate surface area is 119 Å². The first-order valence-corrected chi connectivity index (χ1v) is 8.84. The van der Waals surface area contributed by atoms with Crippen LogP contribution in [0.15, 0.2) is 17.0 Å². The molecule has 0 aromatic heterocycles. The molecule has 0 fully saturated rings. The third-order valence-corrected chi connectivity index (χ3v) is 4.04. The molecule has 12 heteroatoms. The van der Waals surface area contributed by atoms with Gasteiger partial charge in [-0.1, -0.05) is 0 Å². The second-order valence-corrected chi connectivity index (χ2v) is 7.82. The van der Waals surface area contributed by atoms with Crippen molar-refractivity contribution in [3.8, 4) is 5.75 Å². The third kappa shape index (κ3) is 4.91. The Morgan fingerprint density at radius 3 is 2.33 bits per heavy atom. The Morgan fingerprint density at radius 1 is 1.33 bits per heavy atom. The highest BCUT2D eigenvalue weighted by Gasteiger charge is 2.25. The predicted molar refractivity (Wildman–Crippen MR) is 69.6 cm³/mol. The zero-order chi connectivity index (χ0) is 16.4. The van der Waals surface area contributed by atoms with E-state index < -0.39 is 59.3 Å². The quantitative estimate of drug-likeness (QED) is 0.556. The smallest absolute Gasteiger partial charge is 0.274 e. The SMILES string of the molecule is CS(=O)(=O)CCOc1c(F)cc([N+](=O)[O-])cc1S(N)(=O)=O. The van der Waals surface area contributed by atoms with Crippen molar-refractivity contribution in [2.24, 2.45) is 5.14 Å². The van der Waals surface area contributed by atoms with E-state index in [2.05, 4.69) is 0 Å². The van der Waals surface area contributed by atoms with Crippen molar-refractivity contribution < 1.29 is 30.9 Å². The number of sulfonamides is 1. The molecule has 0 radical (unpaired) electrons. The summed E-state index contributed by atoms with van der Waals surface area (Å²) in [6, 6.07) is 0.985. The first-order valence-electron chi connectivity index (χ1n) is 5.23. The van der Waals surface area contributed by atoms with Crippen LogP contribution in [-0.2, 0) is 19.9 Å². The summed E-state index contributed by atoms with van der Waals surface area (Å²) in [5.41, 5.74) is -0.827. The Hall–Kier alpha value is -1.79. The largest absolute Gasteiger partial charge is 0.488 e. The van der Waals surface area contributed by atoms with Crippen LogP contribution in [0.2, 0.25) is 0 Å². The van der Waals surface area contributed by atoms with E-state index in [1.54, 1.807) is 0 Å². The zero-order valence-electron chi connectivity index (χ0n) is 10.6. The van der Waals surface area contributed by atoms with Gasteiger partial charge in [0.1, 0.15) is 11.5 Å². The van der Waals surface area contributed by atoms with E-state index in [0.29, 0.717) is 12.1 Å². The first kappa shape index (κ1) is 17.3. The molecule has 0 spiro atoms. The van der Waals surface area contributed by atoms with Crippen molar-refractivity contribution in [1.29, 1.82) is 0 Å². The minimum Gasteiger partial charge on any atom is -0.488 e. The van der Waals surface area contributed by atoms with Gasteiger partial charge in [0.25, 0.3) is 5.69 Å². The fraction of sp³-hybridized carbons (Fsp3) is 0.333. The molecule has 9 nitrogen and oxygen atoms in total. The maximum absolute atomic E-state index is 13.7. The van der Waals surface area contributed by atoms with Crippen LogP contribution in [0.25, 0.3) is 0 Å². The van der Waals surface area contributed by atoms with Crippen LogP contribution in [0.5, 0.6) is 5.75 Å². The van der Waals surface area contributed by atoms with Gasteiger partial charge in [-0.2, -0.15) is 0 Å². The molecule has 0 atom stereocenters. The molecule has 0 aliphatic heterocycles. The van der Waals surface area contributed by atoms with E-state index in [0.717, 1.165) is 6.26 Å². The highest BCUT2D eigenvalue weighted by atomic mass is 32.2. The molecule has 0 bridgehead atoms. The highest BCUT2D eigenvalue weighted by Crippen LogP contribution is 2.31. The van der Waals surface area contributed by atoms with Crippen LogP contribution in [0.3, 0.4) is 0 Å². The average molecular weight is 342 g/mol. The number of hydrogen-bond donors (Lipinski definition) is 1. The van der Waals surface area contributed by atoms with Gasteiger partial charge in [0.2, 0.25) is 10.0 Å². The van der Waals surface area contributed by atoms with Gasteiger partial charge in [-0.15, -0.1) is 0 Å². The summed E-state index contributed by atoms with van der Waals surface area (Å²) >= 11 is 0. The first-order chi connectivity index (χ1) is 9.42.